The van der Waals surface area contributed by atoms with Crippen LogP contribution in [0.4, 0.5) is 11.9 Å². The number of nitrogens with one attached hydrogen (secondary N) is 1. The van der Waals surface area contributed by atoms with Crippen LogP contribution in [0.1, 0.15) is 46.5 Å². The summed E-state index contributed by atoms with van der Waals surface area (Å²) in [6.07, 6.45) is 4.62. The van der Waals surface area contributed by atoms with Gasteiger partial charge in [-0.05, 0) is 31.1 Å². The van der Waals surface area contributed by atoms with Crippen LogP contribution in [-0.4, -0.2) is 41.7 Å². The Morgan fingerprint density at radius 1 is 1.19 bits per heavy atom. The molecule has 0 bridgehead atoms. The molecule has 6 nitrogen and oxygen atoms in total. The molecule has 1 aliphatic rings. The van der Waals surface area contributed by atoms with E-state index in [4.69, 9.17) is 4.74 Å². The van der Waals surface area contributed by atoms with Crippen molar-refractivity contribution in [2.75, 3.05) is 37.0 Å². The van der Waals surface area contributed by atoms with Crippen molar-refractivity contribution < 1.29 is 4.74 Å². The highest BCUT2D eigenvalue weighted by Gasteiger charge is 2.36. The van der Waals surface area contributed by atoms with Crippen molar-refractivity contribution >= 4 is 11.9 Å². The number of hydrogen-bond donors (Lipinski definition) is 1. The molecular weight excluding hydrogens is 266 g/mol. The molecule has 0 radical (unpaired) electrons. The van der Waals surface area contributed by atoms with Gasteiger partial charge in [-0.2, -0.15) is 15.0 Å². The topological polar surface area (TPSA) is 63.2 Å². The lowest BCUT2D eigenvalue weighted by Crippen LogP contribution is -2.28. The van der Waals surface area contributed by atoms with Crippen LogP contribution in [0.5, 0.6) is 6.01 Å². The first-order valence-electron chi connectivity index (χ1n) is 7.95. The van der Waals surface area contributed by atoms with E-state index >= 15 is 0 Å². The summed E-state index contributed by atoms with van der Waals surface area (Å²) >= 11 is 0. The zero-order valence-electron chi connectivity index (χ0n) is 13.6. The smallest absolute Gasteiger partial charge is 0.322 e. The van der Waals surface area contributed by atoms with E-state index in [9.17, 15) is 0 Å². The van der Waals surface area contributed by atoms with Crippen LogP contribution < -0.4 is 15.0 Å². The predicted molar refractivity (Wildman–Crippen MR) is 85.0 cm³/mol. The summed E-state index contributed by atoms with van der Waals surface area (Å²) in [5.41, 5.74) is 0.400. The number of nitrogens with zero attached hydrogens (tertiary/aromatic N) is 4. The number of hydrogen-bond acceptors (Lipinski definition) is 6. The summed E-state index contributed by atoms with van der Waals surface area (Å²) in [6, 6.07) is 0.379. The summed E-state index contributed by atoms with van der Waals surface area (Å²) < 4.78 is 5.21. The van der Waals surface area contributed by atoms with Gasteiger partial charge in [0.2, 0.25) is 11.9 Å². The van der Waals surface area contributed by atoms with Crippen LogP contribution in [0.3, 0.4) is 0 Å². The Kier molecular flexibility index (Phi) is 5.20. The van der Waals surface area contributed by atoms with Gasteiger partial charge < -0.3 is 15.0 Å². The standard InChI is InChI=1S/C15H27N5O/c1-5-9-16-12-17-13(19-14(18-12)21-4)20-10-8-15(6-2,7-3)11-20/h5-11H2,1-4H3,(H,16,17,18,19). The number of anilines is 2. The molecule has 0 aromatic carbocycles. The molecule has 1 aromatic rings. The summed E-state index contributed by atoms with van der Waals surface area (Å²) in [4.78, 5) is 15.5. The lowest BCUT2D eigenvalue weighted by atomic mass is 9.82. The molecule has 6 heteroatoms. The second-order valence-corrected chi connectivity index (χ2v) is 5.75. The van der Waals surface area contributed by atoms with Gasteiger partial charge in [0.05, 0.1) is 7.11 Å². The van der Waals surface area contributed by atoms with Gasteiger partial charge in [0, 0.05) is 19.6 Å². The molecule has 1 aliphatic heterocycles. The van der Waals surface area contributed by atoms with Crippen LogP contribution in [0.15, 0.2) is 0 Å². The first-order valence-corrected chi connectivity index (χ1v) is 7.95. The average molecular weight is 293 g/mol. The summed E-state index contributed by atoms with van der Waals surface area (Å²) in [5.74, 6) is 1.33. The molecule has 0 spiro atoms. The average Bonchev–Trinajstić information content (AvgIpc) is 2.98. The van der Waals surface area contributed by atoms with Crippen LogP contribution in [0.2, 0.25) is 0 Å². The van der Waals surface area contributed by atoms with Gasteiger partial charge in [0.1, 0.15) is 0 Å². The molecule has 21 heavy (non-hydrogen) atoms. The van der Waals surface area contributed by atoms with Crippen molar-refractivity contribution in [2.45, 2.75) is 46.5 Å². The maximum absolute atomic E-state index is 5.21. The molecule has 0 saturated carbocycles. The summed E-state index contributed by atoms with van der Waals surface area (Å²) in [5, 5.41) is 3.21. The largest absolute Gasteiger partial charge is 0.467 e. The minimum Gasteiger partial charge on any atom is -0.467 e. The lowest BCUT2D eigenvalue weighted by molar-refractivity contribution is 0.301. The molecule has 1 fully saturated rings. The van der Waals surface area contributed by atoms with E-state index in [-0.39, 0.29) is 0 Å². The molecule has 1 aromatic heterocycles. The van der Waals surface area contributed by atoms with Gasteiger partial charge >= 0.3 is 6.01 Å². The first-order chi connectivity index (χ1) is 10.2. The molecule has 0 atom stereocenters. The van der Waals surface area contributed by atoms with Crippen molar-refractivity contribution in [1.82, 2.24) is 15.0 Å². The zero-order valence-corrected chi connectivity index (χ0v) is 13.6. The second-order valence-electron chi connectivity index (χ2n) is 5.75. The first kappa shape index (κ1) is 15.8. The third kappa shape index (κ3) is 3.54. The van der Waals surface area contributed by atoms with Gasteiger partial charge in [-0.3, -0.25) is 0 Å². The molecule has 0 unspecified atom stereocenters. The fourth-order valence-electron chi connectivity index (χ4n) is 2.83. The van der Waals surface area contributed by atoms with Crippen LogP contribution in [0, 0.1) is 5.41 Å². The highest BCUT2D eigenvalue weighted by Crippen LogP contribution is 2.38. The zero-order chi connectivity index (χ0) is 15.3. The van der Waals surface area contributed by atoms with E-state index < -0.39 is 0 Å². The number of aromatic nitrogens is 3. The molecule has 2 heterocycles. The second kappa shape index (κ2) is 6.91. The van der Waals surface area contributed by atoms with Gasteiger partial charge in [-0.15, -0.1) is 0 Å². The van der Waals surface area contributed by atoms with Crippen molar-refractivity contribution in [3.63, 3.8) is 0 Å². The van der Waals surface area contributed by atoms with E-state index in [0.717, 1.165) is 32.0 Å². The SMILES string of the molecule is CCCNc1nc(OC)nc(N2CCC(CC)(CC)C2)n1. The molecule has 0 aliphatic carbocycles. The lowest BCUT2D eigenvalue weighted by Gasteiger charge is -2.26. The number of rotatable bonds is 7. The monoisotopic (exact) mass is 293 g/mol. The summed E-state index contributed by atoms with van der Waals surface area (Å²) in [7, 11) is 1.59. The van der Waals surface area contributed by atoms with Gasteiger partial charge in [0.15, 0.2) is 0 Å². The Balaban J connectivity index is 2.19. The number of methoxy groups -OCH3 is 1. The third-order valence-corrected chi connectivity index (χ3v) is 4.54. The fraction of sp³-hybridized carbons (Fsp3) is 0.800. The predicted octanol–water partition coefficient (Wildman–Crippen LogP) is 2.72. The maximum Gasteiger partial charge on any atom is 0.322 e. The van der Waals surface area contributed by atoms with Crippen LogP contribution in [0.25, 0.3) is 0 Å². The Morgan fingerprint density at radius 2 is 1.95 bits per heavy atom. The molecule has 118 valence electrons. The fourth-order valence-corrected chi connectivity index (χ4v) is 2.83. The van der Waals surface area contributed by atoms with E-state index in [1.165, 1.54) is 19.3 Å². The third-order valence-electron chi connectivity index (χ3n) is 4.54. The van der Waals surface area contributed by atoms with Crippen molar-refractivity contribution in [1.29, 1.82) is 0 Å². The highest BCUT2D eigenvalue weighted by molar-refractivity contribution is 5.40. The molecule has 1 N–H and O–H groups in total. The molecular formula is C15H27N5O. The van der Waals surface area contributed by atoms with E-state index in [2.05, 4.69) is 45.9 Å². The van der Waals surface area contributed by atoms with Gasteiger partial charge in [0.25, 0.3) is 0 Å². The number of ether oxygens (including phenoxy) is 1. The van der Waals surface area contributed by atoms with E-state index in [0.29, 0.717) is 17.4 Å². The molecule has 2 rings (SSSR count). The van der Waals surface area contributed by atoms with Gasteiger partial charge in [-0.25, -0.2) is 0 Å². The van der Waals surface area contributed by atoms with Crippen molar-refractivity contribution in [3.8, 4) is 6.01 Å². The van der Waals surface area contributed by atoms with Gasteiger partial charge in [-0.1, -0.05) is 20.8 Å². The normalized spacial score (nSPS) is 17.0. The van der Waals surface area contributed by atoms with Crippen molar-refractivity contribution in [3.05, 3.63) is 0 Å². The maximum atomic E-state index is 5.21. The Morgan fingerprint density at radius 3 is 2.52 bits per heavy atom. The minimum absolute atomic E-state index is 0.379. The molecule has 1 saturated heterocycles. The van der Waals surface area contributed by atoms with E-state index in [1.807, 2.05) is 0 Å². The quantitative estimate of drug-likeness (QED) is 0.834. The Labute approximate surface area is 127 Å². The van der Waals surface area contributed by atoms with Crippen LogP contribution in [-0.2, 0) is 0 Å². The Hall–Kier alpha value is -1.59. The minimum atomic E-state index is 0.379. The van der Waals surface area contributed by atoms with Crippen molar-refractivity contribution in [2.24, 2.45) is 5.41 Å². The highest BCUT2D eigenvalue weighted by atomic mass is 16.5. The molecule has 0 amide bonds. The Bertz CT molecular complexity index is 461. The van der Waals surface area contributed by atoms with E-state index in [1.54, 1.807) is 7.11 Å². The van der Waals surface area contributed by atoms with Crippen LogP contribution >= 0.6 is 0 Å². The summed E-state index contributed by atoms with van der Waals surface area (Å²) in [6.45, 7) is 9.52.